The number of aromatic nitrogens is 1. The average Bonchev–Trinajstić information content (AvgIpc) is 2.57. The third-order valence-corrected chi connectivity index (χ3v) is 3.88. The highest BCUT2D eigenvalue weighted by atomic mass is 16.3. The highest BCUT2D eigenvalue weighted by Gasteiger charge is 2.12. The van der Waals surface area contributed by atoms with Crippen molar-refractivity contribution < 1.29 is 5.11 Å². The van der Waals surface area contributed by atoms with Crippen LogP contribution in [-0.2, 0) is 6.42 Å². The molecule has 1 heterocycles. The standard InChI is InChI=1S/C21H21NO/c1-15(2)13-20-21(23)19(11-12-22-20)18-10-6-9-17(14-18)16-7-4-3-5-8-16/h3-12,14-15,23H,13H2,1-2H3. The van der Waals surface area contributed by atoms with Crippen molar-refractivity contribution in [2.24, 2.45) is 5.92 Å². The van der Waals surface area contributed by atoms with Crippen molar-refractivity contribution in [3.63, 3.8) is 0 Å². The van der Waals surface area contributed by atoms with Gasteiger partial charge < -0.3 is 5.11 Å². The minimum atomic E-state index is 0.298. The fraction of sp³-hybridized carbons (Fsp3) is 0.190. The number of pyridine rings is 1. The topological polar surface area (TPSA) is 33.1 Å². The maximum Gasteiger partial charge on any atom is 0.144 e. The van der Waals surface area contributed by atoms with Crippen LogP contribution in [0, 0.1) is 5.92 Å². The van der Waals surface area contributed by atoms with Crippen molar-refractivity contribution in [3.05, 3.63) is 72.6 Å². The van der Waals surface area contributed by atoms with E-state index >= 15 is 0 Å². The Labute approximate surface area is 137 Å². The van der Waals surface area contributed by atoms with Gasteiger partial charge in [0.1, 0.15) is 5.75 Å². The predicted molar refractivity (Wildman–Crippen MR) is 95.3 cm³/mol. The number of hydrogen-bond acceptors (Lipinski definition) is 2. The zero-order valence-electron chi connectivity index (χ0n) is 13.5. The van der Waals surface area contributed by atoms with E-state index in [0.29, 0.717) is 11.7 Å². The van der Waals surface area contributed by atoms with Crippen LogP contribution in [0.2, 0.25) is 0 Å². The van der Waals surface area contributed by atoms with E-state index in [9.17, 15) is 5.11 Å². The summed E-state index contributed by atoms with van der Waals surface area (Å²) >= 11 is 0. The maximum atomic E-state index is 10.6. The molecular formula is C21H21NO. The molecule has 0 amide bonds. The monoisotopic (exact) mass is 303 g/mol. The highest BCUT2D eigenvalue weighted by molar-refractivity contribution is 5.76. The van der Waals surface area contributed by atoms with Gasteiger partial charge in [-0.1, -0.05) is 62.4 Å². The molecule has 116 valence electrons. The third kappa shape index (κ3) is 3.42. The van der Waals surface area contributed by atoms with Crippen LogP contribution in [0.5, 0.6) is 5.75 Å². The molecule has 2 heteroatoms. The van der Waals surface area contributed by atoms with Gasteiger partial charge in [-0.25, -0.2) is 0 Å². The molecule has 23 heavy (non-hydrogen) atoms. The van der Waals surface area contributed by atoms with Crippen molar-refractivity contribution in [1.82, 2.24) is 4.98 Å². The molecule has 3 aromatic rings. The molecule has 2 nitrogen and oxygen atoms in total. The average molecular weight is 303 g/mol. The smallest absolute Gasteiger partial charge is 0.144 e. The molecule has 0 atom stereocenters. The first kappa shape index (κ1) is 15.3. The number of hydrogen-bond donors (Lipinski definition) is 1. The molecule has 0 saturated heterocycles. The minimum Gasteiger partial charge on any atom is -0.505 e. The van der Waals surface area contributed by atoms with Gasteiger partial charge in [0.2, 0.25) is 0 Å². The number of rotatable bonds is 4. The fourth-order valence-corrected chi connectivity index (χ4v) is 2.76. The van der Waals surface area contributed by atoms with Gasteiger partial charge >= 0.3 is 0 Å². The van der Waals surface area contributed by atoms with Crippen LogP contribution in [0.4, 0.5) is 0 Å². The van der Waals surface area contributed by atoms with E-state index < -0.39 is 0 Å². The van der Waals surface area contributed by atoms with Gasteiger partial charge in [0.15, 0.2) is 0 Å². The number of nitrogens with zero attached hydrogens (tertiary/aromatic N) is 1. The molecule has 0 aliphatic rings. The summed E-state index contributed by atoms with van der Waals surface area (Å²) in [4.78, 5) is 4.34. The van der Waals surface area contributed by atoms with Crippen molar-refractivity contribution in [1.29, 1.82) is 0 Å². The molecular weight excluding hydrogens is 282 g/mol. The lowest BCUT2D eigenvalue weighted by Crippen LogP contribution is -1.98. The summed E-state index contributed by atoms with van der Waals surface area (Å²) < 4.78 is 0. The van der Waals surface area contributed by atoms with E-state index in [1.807, 2.05) is 36.4 Å². The molecule has 0 aliphatic heterocycles. The molecule has 0 fully saturated rings. The summed E-state index contributed by atoms with van der Waals surface area (Å²) in [6.07, 6.45) is 2.56. The third-order valence-electron chi connectivity index (χ3n) is 3.88. The molecule has 0 aliphatic carbocycles. The van der Waals surface area contributed by atoms with Gasteiger partial charge in [-0.05, 0) is 41.2 Å². The summed E-state index contributed by atoms with van der Waals surface area (Å²) in [5.41, 5.74) is 4.93. The van der Waals surface area contributed by atoms with E-state index in [2.05, 4.69) is 43.1 Å². The Morgan fingerprint density at radius 2 is 1.57 bits per heavy atom. The van der Waals surface area contributed by atoms with Crippen molar-refractivity contribution in [2.75, 3.05) is 0 Å². The molecule has 3 rings (SSSR count). The second-order valence-corrected chi connectivity index (χ2v) is 6.20. The maximum absolute atomic E-state index is 10.6. The summed E-state index contributed by atoms with van der Waals surface area (Å²) in [6, 6.07) is 20.4. The van der Waals surface area contributed by atoms with Gasteiger partial charge in [0.05, 0.1) is 5.69 Å². The Bertz CT molecular complexity index is 794. The van der Waals surface area contributed by atoms with E-state index in [-0.39, 0.29) is 0 Å². The summed E-state index contributed by atoms with van der Waals surface area (Å²) in [7, 11) is 0. The molecule has 1 aromatic heterocycles. The molecule has 0 bridgehead atoms. The fourth-order valence-electron chi connectivity index (χ4n) is 2.76. The van der Waals surface area contributed by atoms with E-state index in [0.717, 1.165) is 28.8 Å². The van der Waals surface area contributed by atoms with Crippen LogP contribution in [0.15, 0.2) is 66.9 Å². The predicted octanol–water partition coefficient (Wildman–Crippen LogP) is 5.32. The first-order valence-corrected chi connectivity index (χ1v) is 7.98. The zero-order valence-corrected chi connectivity index (χ0v) is 13.5. The quantitative estimate of drug-likeness (QED) is 0.707. The van der Waals surface area contributed by atoms with Gasteiger partial charge in [0.25, 0.3) is 0 Å². The summed E-state index contributed by atoms with van der Waals surface area (Å²) in [5, 5.41) is 10.6. The van der Waals surface area contributed by atoms with Crippen LogP contribution in [0.25, 0.3) is 22.3 Å². The Hall–Kier alpha value is -2.61. The van der Waals surface area contributed by atoms with E-state index in [1.54, 1.807) is 6.20 Å². The largest absolute Gasteiger partial charge is 0.505 e. The van der Waals surface area contributed by atoms with Crippen molar-refractivity contribution in [2.45, 2.75) is 20.3 Å². The second-order valence-electron chi connectivity index (χ2n) is 6.20. The lowest BCUT2D eigenvalue weighted by molar-refractivity contribution is 0.459. The Morgan fingerprint density at radius 3 is 2.30 bits per heavy atom. The molecule has 0 spiro atoms. The van der Waals surface area contributed by atoms with Gasteiger partial charge in [-0.15, -0.1) is 0 Å². The number of benzene rings is 2. The Kier molecular flexibility index (Phi) is 4.42. The van der Waals surface area contributed by atoms with Crippen LogP contribution in [-0.4, -0.2) is 10.1 Å². The molecule has 0 unspecified atom stereocenters. The first-order valence-electron chi connectivity index (χ1n) is 7.98. The molecule has 0 saturated carbocycles. The minimum absolute atomic E-state index is 0.298. The van der Waals surface area contributed by atoms with Crippen LogP contribution >= 0.6 is 0 Å². The Balaban J connectivity index is 2.03. The Morgan fingerprint density at radius 1 is 0.870 bits per heavy atom. The van der Waals surface area contributed by atoms with Gasteiger partial charge in [-0.2, -0.15) is 0 Å². The van der Waals surface area contributed by atoms with Crippen molar-refractivity contribution in [3.8, 4) is 28.0 Å². The van der Waals surface area contributed by atoms with Gasteiger partial charge in [-0.3, -0.25) is 4.98 Å². The first-order chi connectivity index (χ1) is 11.1. The molecule has 0 radical (unpaired) electrons. The zero-order chi connectivity index (χ0) is 16.2. The normalized spacial score (nSPS) is 10.9. The SMILES string of the molecule is CC(C)Cc1nccc(-c2cccc(-c3ccccc3)c2)c1O. The second kappa shape index (κ2) is 6.66. The van der Waals surface area contributed by atoms with E-state index in [1.165, 1.54) is 5.56 Å². The van der Waals surface area contributed by atoms with Crippen molar-refractivity contribution >= 4 is 0 Å². The van der Waals surface area contributed by atoms with Gasteiger partial charge in [0, 0.05) is 11.8 Å². The molecule has 1 N–H and O–H groups in total. The lowest BCUT2D eigenvalue weighted by atomic mass is 9.97. The van der Waals surface area contributed by atoms with Crippen LogP contribution in [0.3, 0.4) is 0 Å². The lowest BCUT2D eigenvalue weighted by Gasteiger charge is -2.12. The highest BCUT2D eigenvalue weighted by Crippen LogP contribution is 2.34. The number of aromatic hydroxyl groups is 1. The van der Waals surface area contributed by atoms with E-state index in [4.69, 9.17) is 0 Å². The van der Waals surface area contributed by atoms with Crippen LogP contribution < -0.4 is 0 Å². The summed E-state index contributed by atoms with van der Waals surface area (Å²) in [5.74, 6) is 0.755. The summed E-state index contributed by atoms with van der Waals surface area (Å²) in [6.45, 7) is 4.26. The van der Waals surface area contributed by atoms with Crippen LogP contribution in [0.1, 0.15) is 19.5 Å². The molecule has 2 aromatic carbocycles.